The summed E-state index contributed by atoms with van der Waals surface area (Å²) in [5.41, 5.74) is 1.58. The highest BCUT2D eigenvalue weighted by atomic mass is 16.4. The number of anilines is 2. The maximum absolute atomic E-state index is 14.5. The Morgan fingerprint density at radius 2 is 1.23 bits per heavy atom. The van der Waals surface area contributed by atoms with Crippen LogP contribution in [0.25, 0.3) is 0 Å². The second-order valence-corrected chi connectivity index (χ2v) is 11.6. The van der Waals surface area contributed by atoms with Crippen LogP contribution in [-0.2, 0) is 0 Å². The predicted octanol–water partition coefficient (Wildman–Crippen LogP) is 7.86. The van der Waals surface area contributed by atoms with Gasteiger partial charge in [-0.05, 0) is 37.8 Å². The van der Waals surface area contributed by atoms with Crippen molar-refractivity contribution in [1.82, 2.24) is 4.98 Å². The van der Waals surface area contributed by atoms with Gasteiger partial charge < -0.3 is 9.73 Å². The Hall–Kier alpha value is -4.52. The topological polar surface area (TPSA) is 92.5 Å². The first kappa shape index (κ1) is 28.6. The molecule has 43 heavy (non-hydrogen) atoms. The summed E-state index contributed by atoms with van der Waals surface area (Å²) in [4.78, 5) is 49.0. The van der Waals surface area contributed by atoms with E-state index in [4.69, 9.17) is 4.42 Å². The van der Waals surface area contributed by atoms with E-state index in [0.717, 1.165) is 57.8 Å². The summed E-state index contributed by atoms with van der Waals surface area (Å²) < 4.78 is 6.62. The van der Waals surface area contributed by atoms with Gasteiger partial charge in [-0.15, -0.1) is 0 Å². The SMILES string of the molecule is O=C(c1ccccc1)c1c(NC2CCCCC2)oc(N(C(=O)c2cccnc2)C2CCCCC2)c1C(=O)c1ccccc1. The smallest absolute Gasteiger partial charge is 0.262 e. The zero-order valence-corrected chi connectivity index (χ0v) is 24.3. The Balaban J connectivity index is 1.58. The highest BCUT2D eigenvalue weighted by molar-refractivity contribution is 6.25. The molecule has 0 spiro atoms. The Morgan fingerprint density at radius 3 is 1.81 bits per heavy atom. The van der Waals surface area contributed by atoms with Gasteiger partial charge in [0, 0.05) is 35.6 Å². The number of pyridine rings is 1. The van der Waals surface area contributed by atoms with Crippen LogP contribution in [0, 0.1) is 0 Å². The number of ketones is 2. The number of amides is 1. The first-order valence-electron chi connectivity index (χ1n) is 15.5. The van der Waals surface area contributed by atoms with Crippen LogP contribution < -0.4 is 10.2 Å². The predicted molar refractivity (Wildman–Crippen MR) is 167 cm³/mol. The lowest BCUT2D eigenvalue weighted by molar-refractivity contribution is 0.0962. The lowest BCUT2D eigenvalue weighted by Gasteiger charge is -2.33. The molecule has 4 aromatic rings. The molecule has 1 amide bonds. The van der Waals surface area contributed by atoms with Crippen LogP contribution in [0.2, 0.25) is 0 Å². The molecule has 220 valence electrons. The lowest BCUT2D eigenvalue weighted by Crippen LogP contribution is -2.42. The van der Waals surface area contributed by atoms with Gasteiger partial charge in [0.1, 0.15) is 5.56 Å². The molecule has 1 N–H and O–H groups in total. The van der Waals surface area contributed by atoms with Crippen LogP contribution in [0.1, 0.15) is 106 Å². The summed E-state index contributed by atoms with van der Waals surface area (Å²) in [5.74, 6) is -0.568. The van der Waals surface area contributed by atoms with Gasteiger partial charge in [0.05, 0.1) is 11.1 Å². The Kier molecular flexibility index (Phi) is 8.77. The molecule has 0 unspecified atom stereocenters. The number of hydrogen-bond donors (Lipinski definition) is 1. The summed E-state index contributed by atoms with van der Waals surface area (Å²) in [5, 5.41) is 3.51. The molecule has 0 saturated heterocycles. The molecule has 0 radical (unpaired) electrons. The molecule has 2 aromatic carbocycles. The average Bonchev–Trinajstić information content (AvgIpc) is 3.44. The molecule has 0 aliphatic heterocycles. The van der Waals surface area contributed by atoms with E-state index in [1.807, 2.05) is 12.1 Å². The third-order valence-corrected chi connectivity index (χ3v) is 8.64. The minimum absolute atomic E-state index is 0.104. The van der Waals surface area contributed by atoms with E-state index in [2.05, 4.69) is 10.3 Å². The van der Waals surface area contributed by atoms with Crippen molar-refractivity contribution in [2.24, 2.45) is 0 Å². The second-order valence-electron chi connectivity index (χ2n) is 11.6. The number of rotatable bonds is 9. The third-order valence-electron chi connectivity index (χ3n) is 8.64. The second kappa shape index (κ2) is 13.2. The van der Waals surface area contributed by atoms with Crippen molar-refractivity contribution in [1.29, 1.82) is 0 Å². The van der Waals surface area contributed by atoms with E-state index < -0.39 is 0 Å². The summed E-state index contributed by atoms with van der Waals surface area (Å²) in [6, 6.07) is 21.2. The molecule has 2 aliphatic carbocycles. The number of nitrogens with one attached hydrogen (secondary N) is 1. The van der Waals surface area contributed by atoms with Crippen molar-refractivity contribution in [3.63, 3.8) is 0 Å². The lowest BCUT2D eigenvalue weighted by atomic mass is 9.91. The third kappa shape index (κ3) is 6.17. The van der Waals surface area contributed by atoms with E-state index in [0.29, 0.717) is 16.7 Å². The highest BCUT2D eigenvalue weighted by Crippen LogP contribution is 2.41. The van der Waals surface area contributed by atoms with Gasteiger partial charge in [-0.25, -0.2) is 0 Å². The molecule has 7 heteroatoms. The minimum Gasteiger partial charge on any atom is -0.423 e. The summed E-state index contributed by atoms with van der Waals surface area (Å²) in [7, 11) is 0. The first-order valence-corrected chi connectivity index (χ1v) is 15.5. The van der Waals surface area contributed by atoms with Gasteiger partial charge >= 0.3 is 0 Å². The number of furan rings is 1. The van der Waals surface area contributed by atoms with E-state index in [-0.39, 0.29) is 52.5 Å². The molecule has 2 aliphatic rings. The van der Waals surface area contributed by atoms with Crippen molar-refractivity contribution in [3.05, 3.63) is 113 Å². The number of benzene rings is 2. The Bertz CT molecular complexity index is 1550. The highest BCUT2D eigenvalue weighted by Gasteiger charge is 2.39. The molecule has 2 fully saturated rings. The minimum atomic E-state index is -0.352. The number of hydrogen-bond acceptors (Lipinski definition) is 6. The molecule has 2 heterocycles. The quantitative estimate of drug-likeness (QED) is 0.204. The summed E-state index contributed by atoms with van der Waals surface area (Å²) in [6.07, 6.45) is 13.0. The Labute approximate surface area is 252 Å². The number of carbonyl (C=O) groups excluding carboxylic acids is 3. The first-order chi connectivity index (χ1) is 21.1. The molecular formula is C36H37N3O4. The number of nitrogens with zero attached hydrogens (tertiary/aromatic N) is 2. The van der Waals surface area contributed by atoms with E-state index in [1.165, 1.54) is 12.6 Å². The van der Waals surface area contributed by atoms with Crippen molar-refractivity contribution in [3.8, 4) is 0 Å². The van der Waals surface area contributed by atoms with Gasteiger partial charge in [0.25, 0.3) is 5.91 Å². The van der Waals surface area contributed by atoms with E-state index in [9.17, 15) is 14.4 Å². The van der Waals surface area contributed by atoms with Crippen LogP contribution >= 0.6 is 0 Å². The van der Waals surface area contributed by atoms with Crippen LogP contribution in [0.15, 0.2) is 89.6 Å². The van der Waals surface area contributed by atoms with E-state index >= 15 is 0 Å². The van der Waals surface area contributed by atoms with Gasteiger partial charge in [-0.2, -0.15) is 0 Å². The van der Waals surface area contributed by atoms with Crippen LogP contribution in [0.5, 0.6) is 0 Å². The standard InChI is InChI=1S/C36H37N3O4/c40-32(25-14-5-1-6-15-25)30-31(33(41)26-16-7-2-8-17-26)36(43-34(30)38-28-19-9-3-10-20-28)39(29-21-11-4-12-22-29)35(42)27-18-13-23-37-24-27/h1-2,5-8,13-18,23-24,28-29,38H,3-4,9-12,19-22H2. The van der Waals surface area contributed by atoms with Crippen molar-refractivity contribution < 1.29 is 18.8 Å². The van der Waals surface area contributed by atoms with Gasteiger partial charge in [0.15, 0.2) is 11.6 Å². The fourth-order valence-corrected chi connectivity index (χ4v) is 6.41. The molecular weight excluding hydrogens is 538 g/mol. The van der Waals surface area contributed by atoms with Crippen LogP contribution in [-0.4, -0.2) is 34.5 Å². The molecule has 0 atom stereocenters. The molecule has 2 aromatic heterocycles. The monoisotopic (exact) mass is 575 g/mol. The summed E-state index contributed by atoms with van der Waals surface area (Å²) >= 11 is 0. The molecule has 2 saturated carbocycles. The maximum atomic E-state index is 14.5. The summed E-state index contributed by atoms with van der Waals surface area (Å²) in [6.45, 7) is 0. The van der Waals surface area contributed by atoms with Crippen LogP contribution in [0.4, 0.5) is 11.8 Å². The number of aromatic nitrogens is 1. The fraction of sp³-hybridized carbons (Fsp3) is 0.333. The molecule has 7 nitrogen and oxygen atoms in total. The molecule has 0 bridgehead atoms. The molecule has 6 rings (SSSR count). The zero-order chi connectivity index (χ0) is 29.6. The van der Waals surface area contributed by atoms with Crippen molar-refractivity contribution in [2.75, 3.05) is 10.2 Å². The normalized spacial score (nSPS) is 16.0. The fourth-order valence-electron chi connectivity index (χ4n) is 6.41. The van der Waals surface area contributed by atoms with Gasteiger partial charge in [-0.3, -0.25) is 24.3 Å². The van der Waals surface area contributed by atoms with Crippen LogP contribution in [0.3, 0.4) is 0 Å². The maximum Gasteiger partial charge on any atom is 0.262 e. The van der Waals surface area contributed by atoms with Crippen molar-refractivity contribution >= 4 is 29.2 Å². The van der Waals surface area contributed by atoms with Crippen molar-refractivity contribution in [2.45, 2.75) is 76.3 Å². The average molecular weight is 576 g/mol. The zero-order valence-electron chi connectivity index (χ0n) is 24.3. The van der Waals surface area contributed by atoms with Gasteiger partial charge in [-0.1, -0.05) is 99.2 Å². The van der Waals surface area contributed by atoms with Gasteiger partial charge in [0.2, 0.25) is 11.8 Å². The van der Waals surface area contributed by atoms with E-state index in [1.54, 1.807) is 71.8 Å². The Morgan fingerprint density at radius 1 is 0.674 bits per heavy atom. The number of carbonyl (C=O) groups is 3. The largest absolute Gasteiger partial charge is 0.423 e.